The summed E-state index contributed by atoms with van der Waals surface area (Å²) in [5.41, 5.74) is 0.593. The number of hydrogen-bond donors (Lipinski definition) is 0. The largest absolute Gasteiger partial charge is 0.468 e. The van der Waals surface area contributed by atoms with Gasteiger partial charge in [-0.25, -0.2) is 0 Å². The predicted molar refractivity (Wildman–Crippen MR) is 76.4 cm³/mol. The Labute approximate surface area is 118 Å². The highest BCUT2D eigenvalue weighted by atomic mass is 32.2. The number of esters is 1. The Bertz CT molecular complexity index is 431. The lowest BCUT2D eigenvalue weighted by Gasteiger charge is -2.20. The predicted octanol–water partition coefficient (Wildman–Crippen LogP) is 2.43. The molecule has 0 saturated heterocycles. The van der Waals surface area contributed by atoms with E-state index < -0.39 is 5.97 Å². The van der Waals surface area contributed by atoms with Crippen LogP contribution in [0.4, 0.5) is 0 Å². The normalized spacial score (nSPS) is 10.1. The van der Waals surface area contributed by atoms with Crippen molar-refractivity contribution in [3.63, 3.8) is 0 Å². The molecule has 0 unspecified atom stereocenters. The molecule has 0 radical (unpaired) electrons. The number of hydrogen-bond acceptors (Lipinski definition) is 4. The smallest absolute Gasteiger partial charge is 0.325 e. The third-order valence-corrected chi connectivity index (χ3v) is 3.41. The van der Waals surface area contributed by atoms with Crippen LogP contribution in [0, 0.1) is 0 Å². The SMILES string of the molecule is CCCN(CC(=O)OC)C(=O)c1ccc(SC)cc1. The standard InChI is InChI=1S/C14H19NO3S/c1-4-9-15(10-13(16)18-2)14(17)11-5-7-12(19-3)8-6-11/h5-8H,4,9-10H2,1-3H3. The van der Waals surface area contributed by atoms with Crippen LogP contribution in [0.25, 0.3) is 0 Å². The minimum Gasteiger partial charge on any atom is -0.468 e. The molecule has 0 spiro atoms. The summed E-state index contributed by atoms with van der Waals surface area (Å²) in [6, 6.07) is 7.38. The lowest BCUT2D eigenvalue weighted by Crippen LogP contribution is -2.36. The molecule has 1 aromatic rings. The Hall–Kier alpha value is -1.49. The van der Waals surface area contributed by atoms with Gasteiger partial charge in [-0.05, 0) is 36.9 Å². The Morgan fingerprint density at radius 1 is 1.26 bits per heavy atom. The fourth-order valence-electron chi connectivity index (χ4n) is 1.66. The monoisotopic (exact) mass is 281 g/mol. The zero-order valence-corrected chi connectivity index (χ0v) is 12.3. The molecule has 0 fully saturated rings. The van der Waals surface area contributed by atoms with Gasteiger partial charge in [-0.15, -0.1) is 11.8 Å². The van der Waals surface area contributed by atoms with Crippen molar-refractivity contribution in [2.45, 2.75) is 18.2 Å². The molecule has 0 bridgehead atoms. The third-order valence-electron chi connectivity index (χ3n) is 2.67. The van der Waals surface area contributed by atoms with Crippen molar-refractivity contribution in [3.05, 3.63) is 29.8 Å². The molecule has 4 nitrogen and oxygen atoms in total. The zero-order valence-electron chi connectivity index (χ0n) is 11.5. The minimum absolute atomic E-state index is 0.00650. The molecule has 0 atom stereocenters. The van der Waals surface area contributed by atoms with Gasteiger partial charge in [0.05, 0.1) is 7.11 Å². The Balaban J connectivity index is 2.82. The first kappa shape index (κ1) is 15.6. The number of rotatable bonds is 6. The van der Waals surface area contributed by atoms with Gasteiger partial charge in [0.2, 0.25) is 0 Å². The fourth-order valence-corrected chi connectivity index (χ4v) is 2.07. The molecule has 19 heavy (non-hydrogen) atoms. The molecule has 0 aliphatic rings. The zero-order chi connectivity index (χ0) is 14.3. The van der Waals surface area contributed by atoms with Crippen LogP contribution in [-0.2, 0) is 9.53 Å². The highest BCUT2D eigenvalue weighted by Crippen LogP contribution is 2.16. The van der Waals surface area contributed by atoms with Crippen molar-refractivity contribution >= 4 is 23.6 Å². The lowest BCUT2D eigenvalue weighted by atomic mass is 10.2. The van der Waals surface area contributed by atoms with Crippen LogP contribution >= 0.6 is 11.8 Å². The van der Waals surface area contributed by atoms with Crippen molar-refractivity contribution in [2.24, 2.45) is 0 Å². The molecule has 0 aliphatic heterocycles. The average Bonchev–Trinajstić information content (AvgIpc) is 2.46. The average molecular weight is 281 g/mol. The summed E-state index contributed by atoms with van der Waals surface area (Å²) >= 11 is 1.62. The van der Waals surface area contributed by atoms with Crippen molar-refractivity contribution < 1.29 is 14.3 Å². The van der Waals surface area contributed by atoms with Gasteiger partial charge in [-0.2, -0.15) is 0 Å². The van der Waals surface area contributed by atoms with Gasteiger partial charge in [0.1, 0.15) is 6.54 Å². The Morgan fingerprint density at radius 2 is 1.89 bits per heavy atom. The van der Waals surface area contributed by atoms with Gasteiger partial charge in [0.15, 0.2) is 0 Å². The number of methoxy groups -OCH3 is 1. The van der Waals surface area contributed by atoms with E-state index in [-0.39, 0.29) is 12.5 Å². The summed E-state index contributed by atoms with van der Waals surface area (Å²) in [7, 11) is 1.32. The molecule has 0 aromatic heterocycles. The molecule has 1 aromatic carbocycles. The molecule has 1 amide bonds. The summed E-state index contributed by atoms with van der Waals surface area (Å²) in [4.78, 5) is 26.2. The van der Waals surface area contributed by atoms with Gasteiger partial charge < -0.3 is 9.64 Å². The molecule has 0 aliphatic carbocycles. The maximum absolute atomic E-state index is 12.3. The second-order valence-corrected chi connectivity index (χ2v) is 4.91. The van der Waals surface area contributed by atoms with Crippen LogP contribution in [0.1, 0.15) is 23.7 Å². The first-order valence-corrected chi connectivity index (χ1v) is 7.35. The van der Waals surface area contributed by atoms with E-state index >= 15 is 0 Å². The van der Waals surface area contributed by atoms with Crippen LogP contribution in [-0.4, -0.2) is 43.2 Å². The van der Waals surface area contributed by atoms with Crippen LogP contribution in [0.15, 0.2) is 29.2 Å². The second kappa shape index (κ2) is 7.84. The molecule has 0 N–H and O–H groups in total. The molecule has 5 heteroatoms. The van der Waals surface area contributed by atoms with Crippen LogP contribution < -0.4 is 0 Å². The number of amides is 1. The maximum Gasteiger partial charge on any atom is 0.325 e. The topological polar surface area (TPSA) is 46.6 Å². The third kappa shape index (κ3) is 4.59. The number of carbonyl (C=O) groups is 2. The lowest BCUT2D eigenvalue weighted by molar-refractivity contribution is -0.141. The maximum atomic E-state index is 12.3. The highest BCUT2D eigenvalue weighted by Gasteiger charge is 2.18. The fraction of sp³-hybridized carbons (Fsp3) is 0.429. The summed E-state index contributed by atoms with van der Waals surface area (Å²) in [5.74, 6) is -0.539. The minimum atomic E-state index is -0.400. The van der Waals surface area contributed by atoms with Crippen LogP contribution in [0.2, 0.25) is 0 Å². The molecule has 1 rings (SSSR count). The molecule has 0 heterocycles. The van der Waals surface area contributed by atoms with E-state index in [1.165, 1.54) is 12.0 Å². The summed E-state index contributed by atoms with van der Waals surface area (Å²) in [6.07, 6.45) is 2.78. The van der Waals surface area contributed by atoms with E-state index in [0.29, 0.717) is 12.1 Å². The summed E-state index contributed by atoms with van der Waals surface area (Å²) in [5, 5.41) is 0. The van der Waals surface area contributed by atoms with E-state index in [0.717, 1.165) is 11.3 Å². The van der Waals surface area contributed by atoms with E-state index in [9.17, 15) is 9.59 Å². The highest BCUT2D eigenvalue weighted by molar-refractivity contribution is 7.98. The van der Waals surface area contributed by atoms with Gasteiger partial charge in [0, 0.05) is 17.0 Å². The molecule has 0 saturated carbocycles. The van der Waals surface area contributed by atoms with E-state index in [1.807, 2.05) is 25.3 Å². The quantitative estimate of drug-likeness (QED) is 0.593. The Kier molecular flexibility index (Phi) is 6.42. The van der Waals surface area contributed by atoms with Gasteiger partial charge in [-0.1, -0.05) is 6.92 Å². The summed E-state index contributed by atoms with van der Waals surface area (Å²) < 4.78 is 4.61. The molecular weight excluding hydrogens is 262 g/mol. The number of ether oxygens (including phenoxy) is 1. The second-order valence-electron chi connectivity index (χ2n) is 4.03. The van der Waals surface area contributed by atoms with Gasteiger partial charge in [0.25, 0.3) is 5.91 Å². The van der Waals surface area contributed by atoms with E-state index in [2.05, 4.69) is 4.74 Å². The number of benzene rings is 1. The Morgan fingerprint density at radius 3 is 2.37 bits per heavy atom. The van der Waals surface area contributed by atoms with Crippen molar-refractivity contribution in [2.75, 3.05) is 26.5 Å². The summed E-state index contributed by atoms with van der Waals surface area (Å²) in [6.45, 7) is 2.50. The first-order chi connectivity index (χ1) is 9.12. The molecular formula is C14H19NO3S. The van der Waals surface area contributed by atoms with Gasteiger partial charge in [-0.3, -0.25) is 9.59 Å². The van der Waals surface area contributed by atoms with E-state index in [1.54, 1.807) is 23.9 Å². The number of thioether (sulfide) groups is 1. The van der Waals surface area contributed by atoms with Gasteiger partial charge >= 0.3 is 5.97 Å². The van der Waals surface area contributed by atoms with E-state index in [4.69, 9.17) is 0 Å². The van der Waals surface area contributed by atoms with Crippen molar-refractivity contribution in [3.8, 4) is 0 Å². The number of nitrogens with zero attached hydrogens (tertiary/aromatic N) is 1. The van der Waals surface area contributed by atoms with Crippen molar-refractivity contribution in [1.82, 2.24) is 4.90 Å². The first-order valence-electron chi connectivity index (χ1n) is 6.12. The number of carbonyl (C=O) groups excluding carboxylic acids is 2. The molecule has 104 valence electrons. The van der Waals surface area contributed by atoms with Crippen LogP contribution in [0.3, 0.4) is 0 Å². The van der Waals surface area contributed by atoms with Crippen molar-refractivity contribution in [1.29, 1.82) is 0 Å². The van der Waals surface area contributed by atoms with Crippen LogP contribution in [0.5, 0.6) is 0 Å².